The molecule has 216 valence electrons. The fourth-order valence-electron chi connectivity index (χ4n) is 5.28. The molecule has 4 heterocycles. The Morgan fingerprint density at radius 2 is 1.95 bits per heavy atom. The Hall–Kier alpha value is -4.53. The number of nitrogens with zero attached hydrogens (tertiary/aromatic N) is 5. The lowest BCUT2D eigenvalue weighted by atomic mass is 10.1. The van der Waals surface area contributed by atoms with Crippen molar-refractivity contribution in [1.82, 2.24) is 19.4 Å². The zero-order chi connectivity index (χ0) is 29.1. The zero-order valence-corrected chi connectivity index (χ0v) is 22.9. The third-order valence-corrected chi connectivity index (χ3v) is 7.63. The van der Waals surface area contributed by atoms with E-state index in [9.17, 15) is 14.3 Å². The van der Waals surface area contributed by atoms with E-state index in [0.29, 0.717) is 37.3 Å². The molecule has 0 bridgehead atoms. The number of carboxylic acids is 1. The van der Waals surface area contributed by atoms with Crippen LogP contribution in [0.1, 0.15) is 40.3 Å². The highest BCUT2D eigenvalue weighted by Gasteiger charge is 2.26. The number of nitriles is 1. The Labute approximate surface area is 241 Å². The van der Waals surface area contributed by atoms with Gasteiger partial charge in [-0.3, -0.25) is 4.90 Å². The van der Waals surface area contributed by atoms with Crippen molar-refractivity contribution >= 4 is 17.0 Å². The number of hydrogen-bond acceptors (Lipinski definition) is 8. The van der Waals surface area contributed by atoms with E-state index in [-0.39, 0.29) is 29.6 Å². The Kier molecular flexibility index (Phi) is 7.99. The van der Waals surface area contributed by atoms with Crippen LogP contribution in [0.4, 0.5) is 4.39 Å². The second kappa shape index (κ2) is 12.1. The van der Waals surface area contributed by atoms with Crippen molar-refractivity contribution in [3.05, 3.63) is 83.1 Å². The van der Waals surface area contributed by atoms with Crippen molar-refractivity contribution in [2.45, 2.75) is 38.6 Å². The van der Waals surface area contributed by atoms with Gasteiger partial charge in [-0.2, -0.15) is 5.26 Å². The smallest absolute Gasteiger partial charge is 0.335 e. The van der Waals surface area contributed by atoms with Gasteiger partial charge in [0.05, 0.1) is 53.7 Å². The predicted octanol–water partition coefficient (Wildman–Crippen LogP) is 4.41. The van der Waals surface area contributed by atoms with Crippen molar-refractivity contribution in [2.24, 2.45) is 5.92 Å². The lowest BCUT2D eigenvalue weighted by molar-refractivity contribution is -0.0394. The molecule has 0 aliphatic carbocycles. The van der Waals surface area contributed by atoms with Gasteiger partial charge >= 0.3 is 5.97 Å². The fraction of sp³-hybridized carbons (Fsp3) is 0.355. The molecule has 2 aliphatic rings. The molecule has 2 fully saturated rings. The van der Waals surface area contributed by atoms with Gasteiger partial charge in [0, 0.05) is 31.6 Å². The summed E-state index contributed by atoms with van der Waals surface area (Å²) in [5.74, 6) is 0.330. The summed E-state index contributed by atoms with van der Waals surface area (Å²) >= 11 is 0. The summed E-state index contributed by atoms with van der Waals surface area (Å²) in [6.45, 7) is 4.53. The first-order valence-electron chi connectivity index (χ1n) is 13.9. The minimum atomic E-state index is -0.951. The summed E-state index contributed by atoms with van der Waals surface area (Å²) < 4.78 is 33.4. The second-order valence-corrected chi connectivity index (χ2v) is 10.7. The number of piperidine rings is 1. The van der Waals surface area contributed by atoms with Crippen LogP contribution in [0.15, 0.2) is 54.6 Å². The summed E-state index contributed by atoms with van der Waals surface area (Å²) in [6.07, 6.45) is 1.64. The zero-order valence-electron chi connectivity index (χ0n) is 22.9. The van der Waals surface area contributed by atoms with E-state index in [1.54, 1.807) is 30.3 Å². The maximum Gasteiger partial charge on any atom is 0.335 e. The molecule has 42 heavy (non-hydrogen) atoms. The maximum absolute atomic E-state index is 14.1. The van der Waals surface area contributed by atoms with E-state index >= 15 is 0 Å². The molecule has 0 atom stereocenters. The van der Waals surface area contributed by atoms with Crippen molar-refractivity contribution in [3.63, 3.8) is 0 Å². The molecule has 1 N–H and O–H groups in total. The van der Waals surface area contributed by atoms with Gasteiger partial charge in [-0.1, -0.05) is 6.07 Å². The Bertz CT molecular complexity index is 1640. The topological polar surface area (TPSA) is 123 Å². The minimum Gasteiger partial charge on any atom is -0.484 e. The first-order valence-corrected chi connectivity index (χ1v) is 13.9. The van der Waals surface area contributed by atoms with Crippen LogP contribution in [0.2, 0.25) is 0 Å². The third-order valence-electron chi connectivity index (χ3n) is 7.63. The molecular weight excluding hydrogens is 541 g/mol. The predicted molar refractivity (Wildman–Crippen MR) is 150 cm³/mol. The fourth-order valence-corrected chi connectivity index (χ4v) is 5.28. The van der Waals surface area contributed by atoms with Gasteiger partial charge in [0.1, 0.15) is 18.5 Å². The molecule has 2 aromatic heterocycles. The highest BCUT2D eigenvalue weighted by molar-refractivity contribution is 5.92. The standard InChI is InChI=1S/C31H30FN5O5/c32-25-12-20(14-33)4-7-28(25)41-19-23-2-1-3-30(34-23)42-24-8-10-36(11-9-24)16-29-35-26-6-5-22(31(38)39)13-27(26)37(29)15-21-17-40-18-21/h1-7,12-13,21,24H,8-11,15-19H2,(H,38,39). The van der Waals surface area contributed by atoms with E-state index in [1.165, 1.54) is 12.1 Å². The van der Waals surface area contributed by atoms with Gasteiger partial charge < -0.3 is 23.9 Å². The molecule has 0 radical (unpaired) electrons. The van der Waals surface area contributed by atoms with Crippen LogP contribution in [0.25, 0.3) is 11.0 Å². The van der Waals surface area contributed by atoms with E-state index < -0.39 is 11.8 Å². The summed E-state index contributed by atoms with van der Waals surface area (Å²) in [6, 6.07) is 16.5. The molecule has 6 rings (SSSR count). The van der Waals surface area contributed by atoms with Crippen LogP contribution < -0.4 is 9.47 Å². The molecule has 2 aliphatic heterocycles. The third kappa shape index (κ3) is 6.20. The van der Waals surface area contributed by atoms with Gasteiger partial charge in [0.25, 0.3) is 0 Å². The van der Waals surface area contributed by atoms with Gasteiger partial charge in [-0.25, -0.2) is 19.2 Å². The molecule has 10 nitrogen and oxygen atoms in total. The van der Waals surface area contributed by atoms with Crippen LogP contribution in [0, 0.1) is 23.1 Å². The summed E-state index contributed by atoms with van der Waals surface area (Å²) in [5, 5.41) is 18.4. The van der Waals surface area contributed by atoms with Crippen LogP contribution in [-0.2, 0) is 24.4 Å². The van der Waals surface area contributed by atoms with Gasteiger partial charge in [0.15, 0.2) is 11.6 Å². The van der Waals surface area contributed by atoms with Crippen molar-refractivity contribution < 1.29 is 28.5 Å². The van der Waals surface area contributed by atoms with Gasteiger partial charge in [-0.15, -0.1) is 0 Å². The minimum absolute atomic E-state index is 0.00459. The number of aromatic carboxylic acids is 1. The highest BCUT2D eigenvalue weighted by atomic mass is 19.1. The molecular formula is C31H30FN5O5. The van der Waals surface area contributed by atoms with Crippen LogP contribution in [-0.4, -0.2) is 62.9 Å². The largest absolute Gasteiger partial charge is 0.484 e. The Morgan fingerprint density at radius 1 is 1.12 bits per heavy atom. The molecule has 4 aromatic rings. The molecule has 2 saturated heterocycles. The first kappa shape index (κ1) is 27.6. The molecule has 0 unspecified atom stereocenters. The summed E-state index contributed by atoms with van der Waals surface area (Å²) in [4.78, 5) is 23.3. The number of likely N-dealkylation sites (tertiary alicyclic amines) is 1. The summed E-state index contributed by atoms with van der Waals surface area (Å²) in [7, 11) is 0. The SMILES string of the molecule is N#Cc1ccc(OCc2cccc(OC3CCN(Cc4nc5ccc(C(=O)O)cc5n4CC4COC4)CC3)n2)c(F)c1. The molecule has 2 aromatic carbocycles. The Balaban J connectivity index is 1.06. The van der Waals surface area contributed by atoms with Gasteiger partial charge in [-0.05, 0) is 55.3 Å². The molecule has 0 spiro atoms. The molecule has 0 saturated carbocycles. The van der Waals surface area contributed by atoms with E-state index in [1.807, 2.05) is 12.1 Å². The van der Waals surface area contributed by atoms with E-state index in [4.69, 9.17) is 24.5 Å². The van der Waals surface area contributed by atoms with E-state index in [0.717, 1.165) is 55.4 Å². The number of carboxylic acid groups (broad SMARTS) is 1. The number of imidazole rings is 1. The Morgan fingerprint density at radius 3 is 2.67 bits per heavy atom. The average molecular weight is 572 g/mol. The van der Waals surface area contributed by atoms with Crippen LogP contribution >= 0.6 is 0 Å². The number of aromatic nitrogens is 3. The van der Waals surface area contributed by atoms with E-state index in [2.05, 4.69) is 14.5 Å². The molecule has 0 amide bonds. The molecule has 11 heteroatoms. The number of hydrogen-bond donors (Lipinski definition) is 1. The lowest BCUT2D eigenvalue weighted by Crippen LogP contribution is -2.39. The van der Waals surface area contributed by atoms with Crippen molar-refractivity contribution in [3.8, 4) is 17.7 Å². The number of benzene rings is 2. The van der Waals surface area contributed by atoms with Crippen LogP contribution in [0.3, 0.4) is 0 Å². The number of fused-ring (bicyclic) bond motifs is 1. The highest BCUT2D eigenvalue weighted by Crippen LogP contribution is 2.25. The van der Waals surface area contributed by atoms with Crippen molar-refractivity contribution in [2.75, 3.05) is 26.3 Å². The average Bonchev–Trinajstić information content (AvgIpc) is 3.31. The van der Waals surface area contributed by atoms with Gasteiger partial charge in [0.2, 0.25) is 5.88 Å². The normalized spacial score (nSPS) is 16.2. The lowest BCUT2D eigenvalue weighted by Gasteiger charge is -2.32. The number of carbonyl (C=O) groups is 1. The van der Waals surface area contributed by atoms with Crippen molar-refractivity contribution in [1.29, 1.82) is 5.26 Å². The quantitative estimate of drug-likeness (QED) is 0.295. The number of rotatable bonds is 10. The number of halogens is 1. The number of ether oxygens (including phenoxy) is 3. The number of pyridine rings is 1. The van der Waals surface area contributed by atoms with Crippen LogP contribution in [0.5, 0.6) is 11.6 Å². The second-order valence-electron chi connectivity index (χ2n) is 10.7. The maximum atomic E-state index is 14.1. The monoisotopic (exact) mass is 571 g/mol. The summed E-state index contributed by atoms with van der Waals surface area (Å²) in [5.41, 5.74) is 2.73. The first-order chi connectivity index (χ1) is 20.4.